The molecule has 25 heavy (non-hydrogen) atoms. The third kappa shape index (κ3) is 6.99. The number of benzene rings is 1. The quantitative estimate of drug-likeness (QED) is 0.500. The monoisotopic (exact) mass is 343 g/mol. The zero-order valence-electron chi connectivity index (χ0n) is 15.0. The van der Waals surface area contributed by atoms with Crippen LogP contribution in [0.4, 0.5) is 4.79 Å². The summed E-state index contributed by atoms with van der Waals surface area (Å²) < 4.78 is 0. The normalized spacial score (nSPS) is 16.3. The molecule has 1 unspecified atom stereocenters. The Bertz CT molecular complexity index is 581. The number of amides is 3. The van der Waals surface area contributed by atoms with E-state index in [2.05, 4.69) is 35.0 Å². The molecule has 5 heteroatoms. The second-order valence-electron chi connectivity index (χ2n) is 6.52. The topological polar surface area (TPSA) is 70.2 Å². The molecule has 1 aromatic rings. The first-order valence-corrected chi connectivity index (χ1v) is 9.23. The Kier molecular flexibility index (Phi) is 8.02. The number of hydrogen-bond acceptors (Lipinski definition) is 2. The van der Waals surface area contributed by atoms with Crippen molar-refractivity contribution in [3.8, 4) is 0 Å². The molecule has 0 aromatic heterocycles. The minimum atomic E-state index is -0.143. The van der Waals surface area contributed by atoms with E-state index in [9.17, 15) is 9.59 Å². The van der Waals surface area contributed by atoms with Gasteiger partial charge in [-0.3, -0.25) is 4.79 Å². The summed E-state index contributed by atoms with van der Waals surface area (Å²) in [5, 5.41) is 8.69. The molecule has 0 heterocycles. The number of hydrogen-bond donors (Lipinski definition) is 3. The van der Waals surface area contributed by atoms with Crippen LogP contribution in [0.2, 0.25) is 0 Å². The van der Waals surface area contributed by atoms with Crippen LogP contribution in [-0.2, 0) is 6.54 Å². The molecule has 1 aromatic carbocycles. The Balaban J connectivity index is 1.68. The van der Waals surface area contributed by atoms with Gasteiger partial charge in [-0.15, -0.1) is 0 Å². The minimum Gasteiger partial charge on any atom is -0.352 e. The van der Waals surface area contributed by atoms with E-state index in [0.717, 1.165) is 37.7 Å². The zero-order chi connectivity index (χ0) is 17.9. The van der Waals surface area contributed by atoms with Crippen molar-refractivity contribution in [3.05, 3.63) is 47.5 Å². The molecule has 0 spiro atoms. The molecule has 0 fully saturated rings. The molecule has 0 aliphatic heterocycles. The van der Waals surface area contributed by atoms with E-state index >= 15 is 0 Å². The van der Waals surface area contributed by atoms with Crippen LogP contribution in [-0.4, -0.2) is 25.0 Å². The van der Waals surface area contributed by atoms with Crippen molar-refractivity contribution in [1.29, 1.82) is 0 Å². The maximum absolute atomic E-state index is 11.9. The molecule has 0 bridgehead atoms. The van der Waals surface area contributed by atoms with Crippen LogP contribution >= 0.6 is 0 Å². The Morgan fingerprint density at radius 3 is 2.56 bits per heavy atom. The minimum absolute atomic E-state index is 0.0489. The molecule has 2 rings (SSSR count). The lowest BCUT2D eigenvalue weighted by Gasteiger charge is -2.18. The third-order valence-electron chi connectivity index (χ3n) is 4.41. The highest BCUT2D eigenvalue weighted by atomic mass is 16.2. The molecule has 3 N–H and O–H groups in total. The van der Waals surface area contributed by atoms with Crippen molar-refractivity contribution in [2.24, 2.45) is 5.92 Å². The highest BCUT2D eigenvalue weighted by Crippen LogP contribution is 2.16. The van der Waals surface area contributed by atoms with Gasteiger partial charge < -0.3 is 16.0 Å². The van der Waals surface area contributed by atoms with E-state index in [-0.39, 0.29) is 11.9 Å². The van der Waals surface area contributed by atoms with Crippen molar-refractivity contribution in [2.75, 3.05) is 13.1 Å². The third-order valence-corrected chi connectivity index (χ3v) is 4.41. The summed E-state index contributed by atoms with van der Waals surface area (Å²) in [5.74, 6) is 0.494. The van der Waals surface area contributed by atoms with Crippen molar-refractivity contribution in [3.63, 3.8) is 0 Å². The van der Waals surface area contributed by atoms with Gasteiger partial charge in [0.1, 0.15) is 0 Å². The molecule has 0 radical (unpaired) electrons. The Hall–Kier alpha value is -2.30. The molecule has 3 amide bonds. The first-order valence-electron chi connectivity index (χ1n) is 9.23. The number of carbonyl (C=O) groups is 2. The number of carbonyl (C=O) groups excluding carboxylic acids is 2. The maximum atomic E-state index is 11.9. The van der Waals surface area contributed by atoms with Gasteiger partial charge in [0.2, 0.25) is 0 Å². The molecule has 0 saturated carbocycles. The van der Waals surface area contributed by atoms with Gasteiger partial charge in [0.15, 0.2) is 0 Å². The summed E-state index contributed by atoms with van der Waals surface area (Å²) >= 11 is 0. The molecular formula is C20H29N3O2. The van der Waals surface area contributed by atoms with Crippen LogP contribution in [0, 0.1) is 5.92 Å². The van der Waals surface area contributed by atoms with Crippen molar-refractivity contribution in [1.82, 2.24) is 16.0 Å². The molecule has 136 valence electrons. The second kappa shape index (κ2) is 10.5. The Morgan fingerprint density at radius 1 is 1.08 bits per heavy atom. The predicted octanol–water partition coefficient (Wildman–Crippen LogP) is 3.37. The van der Waals surface area contributed by atoms with Gasteiger partial charge in [-0.25, -0.2) is 4.79 Å². The Morgan fingerprint density at radius 2 is 1.88 bits per heavy atom. The number of allylic oxidation sites excluding steroid dienone is 2. The summed E-state index contributed by atoms with van der Waals surface area (Å²) in [6.45, 7) is 3.97. The summed E-state index contributed by atoms with van der Waals surface area (Å²) in [4.78, 5) is 23.8. The standard InChI is InChI=1S/C20H29N3O2/c1-2-3-13-21-19(24)18-11-9-17(10-12-18)15-23-20(25)22-14-16-7-5-4-6-8-16/h4-5,9-12,16H,2-3,6-8,13-15H2,1H3,(H,21,24)(H2,22,23,25). The highest BCUT2D eigenvalue weighted by Gasteiger charge is 2.11. The van der Waals surface area contributed by atoms with Gasteiger partial charge in [0.05, 0.1) is 0 Å². The largest absolute Gasteiger partial charge is 0.352 e. The van der Waals surface area contributed by atoms with Gasteiger partial charge >= 0.3 is 6.03 Å². The van der Waals surface area contributed by atoms with Crippen LogP contribution in [0.1, 0.15) is 54.9 Å². The number of urea groups is 1. The van der Waals surface area contributed by atoms with Crippen LogP contribution < -0.4 is 16.0 Å². The van der Waals surface area contributed by atoms with E-state index in [0.29, 0.717) is 31.1 Å². The summed E-state index contributed by atoms with van der Waals surface area (Å²) in [5.41, 5.74) is 1.62. The molecule has 1 atom stereocenters. The number of rotatable bonds is 8. The summed E-state index contributed by atoms with van der Waals surface area (Å²) in [6.07, 6.45) is 9.72. The van der Waals surface area contributed by atoms with E-state index < -0.39 is 0 Å². The fourth-order valence-electron chi connectivity index (χ4n) is 2.78. The zero-order valence-corrected chi connectivity index (χ0v) is 15.0. The maximum Gasteiger partial charge on any atom is 0.315 e. The van der Waals surface area contributed by atoms with Crippen LogP contribution in [0.25, 0.3) is 0 Å². The SMILES string of the molecule is CCCCNC(=O)c1ccc(CNC(=O)NCC2CC=CCC2)cc1. The van der Waals surface area contributed by atoms with E-state index in [1.165, 1.54) is 0 Å². The van der Waals surface area contributed by atoms with Crippen LogP contribution in [0.15, 0.2) is 36.4 Å². The molecule has 1 aliphatic rings. The molecule has 5 nitrogen and oxygen atoms in total. The first-order chi connectivity index (χ1) is 12.2. The summed E-state index contributed by atoms with van der Waals surface area (Å²) in [6, 6.07) is 7.20. The molecule has 0 saturated heterocycles. The van der Waals surface area contributed by atoms with Gasteiger partial charge in [0.25, 0.3) is 5.91 Å². The van der Waals surface area contributed by atoms with Gasteiger partial charge in [0, 0.05) is 25.2 Å². The van der Waals surface area contributed by atoms with E-state index in [4.69, 9.17) is 0 Å². The van der Waals surface area contributed by atoms with Crippen molar-refractivity contribution < 1.29 is 9.59 Å². The average molecular weight is 343 g/mol. The lowest BCUT2D eigenvalue weighted by molar-refractivity contribution is 0.0953. The van der Waals surface area contributed by atoms with Crippen molar-refractivity contribution in [2.45, 2.75) is 45.6 Å². The molecular weight excluding hydrogens is 314 g/mol. The van der Waals surface area contributed by atoms with Gasteiger partial charge in [-0.05, 0) is 49.3 Å². The summed E-state index contributed by atoms with van der Waals surface area (Å²) in [7, 11) is 0. The van der Waals surface area contributed by atoms with Gasteiger partial charge in [-0.1, -0.05) is 37.6 Å². The van der Waals surface area contributed by atoms with Crippen LogP contribution in [0.5, 0.6) is 0 Å². The number of unbranched alkanes of at least 4 members (excludes halogenated alkanes) is 1. The second-order valence-corrected chi connectivity index (χ2v) is 6.52. The Labute approximate surface area is 150 Å². The van der Waals surface area contributed by atoms with Crippen molar-refractivity contribution >= 4 is 11.9 Å². The molecule has 1 aliphatic carbocycles. The average Bonchev–Trinajstić information content (AvgIpc) is 2.66. The fourth-order valence-corrected chi connectivity index (χ4v) is 2.78. The highest BCUT2D eigenvalue weighted by molar-refractivity contribution is 5.94. The first kappa shape index (κ1) is 19.0. The predicted molar refractivity (Wildman–Crippen MR) is 100 cm³/mol. The lowest BCUT2D eigenvalue weighted by atomic mass is 9.94. The lowest BCUT2D eigenvalue weighted by Crippen LogP contribution is -2.38. The smallest absolute Gasteiger partial charge is 0.315 e. The van der Waals surface area contributed by atoms with E-state index in [1.54, 1.807) is 12.1 Å². The fraction of sp³-hybridized carbons (Fsp3) is 0.500. The number of nitrogens with one attached hydrogen (secondary N) is 3. The van der Waals surface area contributed by atoms with Crippen LogP contribution in [0.3, 0.4) is 0 Å². The van der Waals surface area contributed by atoms with Gasteiger partial charge in [-0.2, -0.15) is 0 Å². The van der Waals surface area contributed by atoms with E-state index in [1.807, 2.05) is 12.1 Å².